The van der Waals surface area contributed by atoms with E-state index in [0.29, 0.717) is 29.9 Å². The molecule has 3 aromatic carbocycles. The molecule has 4 aromatic rings. The van der Waals surface area contributed by atoms with Crippen molar-refractivity contribution >= 4 is 17.9 Å². The Morgan fingerprint density at radius 3 is 2.28 bits per heavy atom. The molecule has 0 unspecified atom stereocenters. The molecule has 1 aliphatic rings. The summed E-state index contributed by atoms with van der Waals surface area (Å²) in [6, 6.07) is 26.8. The van der Waals surface area contributed by atoms with E-state index in [1.807, 2.05) is 91.1 Å². The molecular weight excluding hydrogens is 540 g/mol. The molecular formula is C35H32N4O4. The lowest BCUT2D eigenvalue weighted by molar-refractivity contribution is -0.140. The summed E-state index contributed by atoms with van der Waals surface area (Å²) in [5.41, 5.74) is 4.54. The average Bonchev–Trinajstić information content (AvgIpc) is 3.47. The molecule has 8 heteroatoms. The van der Waals surface area contributed by atoms with Gasteiger partial charge in [-0.3, -0.25) is 14.5 Å². The number of rotatable bonds is 10. The van der Waals surface area contributed by atoms with Gasteiger partial charge in [-0.2, -0.15) is 10.4 Å². The molecule has 0 N–H and O–H groups in total. The highest BCUT2D eigenvalue weighted by Crippen LogP contribution is 2.32. The number of carbonyl (C=O) groups excluding carboxylic acids is 2. The lowest BCUT2D eigenvalue weighted by atomic mass is 9.93. The van der Waals surface area contributed by atoms with Crippen LogP contribution in [0.3, 0.4) is 0 Å². The fraction of sp³-hybridized carbons (Fsp3) is 0.200. The summed E-state index contributed by atoms with van der Waals surface area (Å²) in [6.45, 7) is 4.46. The predicted octanol–water partition coefficient (Wildman–Crippen LogP) is 6.17. The number of benzene rings is 3. The Morgan fingerprint density at radius 2 is 1.63 bits per heavy atom. The number of amides is 2. The van der Waals surface area contributed by atoms with Gasteiger partial charge in [0, 0.05) is 29.4 Å². The summed E-state index contributed by atoms with van der Waals surface area (Å²) in [5, 5.41) is 14.8. The molecule has 8 nitrogen and oxygen atoms in total. The van der Waals surface area contributed by atoms with Crippen LogP contribution in [-0.2, 0) is 16.0 Å². The number of nitrogens with zero attached hydrogens (tertiary/aromatic N) is 4. The minimum absolute atomic E-state index is 0.0463. The van der Waals surface area contributed by atoms with Gasteiger partial charge in [-0.15, -0.1) is 0 Å². The normalized spacial score (nSPS) is 14.3. The van der Waals surface area contributed by atoms with Gasteiger partial charge in [-0.05, 0) is 85.5 Å². The lowest BCUT2D eigenvalue weighted by Gasteiger charge is -2.27. The first-order valence-corrected chi connectivity index (χ1v) is 14.1. The predicted molar refractivity (Wildman–Crippen MR) is 164 cm³/mol. The fourth-order valence-corrected chi connectivity index (χ4v) is 4.88. The highest BCUT2D eigenvalue weighted by atomic mass is 16.5. The average molecular weight is 573 g/mol. The number of hydrogen-bond donors (Lipinski definition) is 0. The molecule has 0 bridgehead atoms. The smallest absolute Gasteiger partial charge is 0.271 e. The summed E-state index contributed by atoms with van der Waals surface area (Å²) >= 11 is 0. The summed E-state index contributed by atoms with van der Waals surface area (Å²) in [5.74, 6) is 0.452. The molecule has 1 aromatic heterocycles. The van der Waals surface area contributed by atoms with Gasteiger partial charge in [-0.25, -0.2) is 4.68 Å². The van der Waals surface area contributed by atoms with E-state index in [9.17, 15) is 14.9 Å². The van der Waals surface area contributed by atoms with Crippen molar-refractivity contribution in [2.45, 2.75) is 26.7 Å². The number of hydrogen-bond acceptors (Lipinski definition) is 6. The minimum atomic E-state index is -0.585. The number of imide groups is 1. The molecule has 0 radical (unpaired) electrons. The summed E-state index contributed by atoms with van der Waals surface area (Å²) in [4.78, 5) is 28.2. The molecule has 0 atom stereocenters. The molecule has 0 spiro atoms. The van der Waals surface area contributed by atoms with Crippen molar-refractivity contribution in [3.8, 4) is 34.5 Å². The second-order valence-corrected chi connectivity index (χ2v) is 10.1. The second-order valence-electron chi connectivity index (χ2n) is 10.1. The molecule has 2 amide bonds. The first kappa shape index (κ1) is 29.1. The Kier molecular flexibility index (Phi) is 8.82. The molecule has 0 saturated carbocycles. The molecule has 5 rings (SSSR count). The van der Waals surface area contributed by atoms with Crippen LogP contribution in [-0.4, -0.2) is 46.8 Å². The van der Waals surface area contributed by atoms with Gasteiger partial charge in [0.25, 0.3) is 11.8 Å². The van der Waals surface area contributed by atoms with Crippen LogP contribution in [0.2, 0.25) is 0 Å². The van der Waals surface area contributed by atoms with Crippen molar-refractivity contribution in [3.05, 3.63) is 113 Å². The molecule has 0 aliphatic carbocycles. The van der Waals surface area contributed by atoms with Crippen molar-refractivity contribution in [3.63, 3.8) is 0 Å². The van der Waals surface area contributed by atoms with Crippen LogP contribution in [0, 0.1) is 11.3 Å². The van der Waals surface area contributed by atoms with Crippen molar-refractivity contribution in [2.75, 3.05) is 20.3 Å². The topological polar surface area (TPSA) is 97.4 Å². The number of para-hydroxylation sites is 1. The van der Waals surface area contributed by atoms with Gasteiger partial charge in [0.05, 0.1) is 25.1 Å². The van der Waals surface area contributed by atoms with Crippen LogP contribution in [0.15, 0.2) is 102 Å². The largest absolute Gasteiger partial charge is 0.497 e. The van der Waals surface area contributed by atoms with Gasteiger partial charge in [0.1, 0.15) is 23.1 Å². The van der Waals surface area contributed by atoms with Crippen molar-refractivity contribution in [2.24, 2.45) is 0 Å². The maximum atomic E-state index is 13.8. The Morgan fingerprint density at radius 1 is 0.930 bits per heavy atom. The van der Waals surface area contributed by atoms with Crippen molar-refractivity contribution in [1.82, 2.24) is 14.7 Å². The van der Waals surface area contributed by atoms with E-state index in [1.54, 1.807) is 24.8 Å². The van der Waals surface area contributed by atoms with Gasteiger partial charge < -0.3 is 9.47 Å². The van der Waals surface area contributed by atoms with Gasteiger partial charge in [0.15, 0.2) is 0 Å². The second kappa shape index (κ2) is 13.0. The Bertz CT molecular complexity index is 1730. The van der Waals surface area contributed by atoms with Crippen molar-refractivity contribution in [1.29, 1.82) is 5.26 Å². The number of ether oxygens (including phenoxy) is 2. The molecule has 1 aliphatic heterocycles. The zero-order chi connectivity index (χ0) is 30.3. The first-order chi connectivity index (χ1) is 20.9. The fourth-order valence-electron chi connectivity index (χ4n) is 4.88. The minimum Gasteiger partial charge on any atom is -0.497 e. The van der Waals surface area contributed by atoms with Crippen LogP contribution < -0.4 is 9.47 Å². The highest BCUT2D eigenvalue weighted by molar-refractivity contribution is 6.19. The third kappa shape index (κ3) is 6.26. The molecule has 2 heterocycles. The third-order valence-corrected chi connectivity index (χ3v) is 7.27. The van der Waals surface area contributed by atoms with Crippen LogP contribution in [0.5, 0.6) is 11.5 Å². The SMILES string of the molecule is CCCOc1ccc(-c2nn(-c3ccccc3)cc2/C=C2/C(=O)N(CCc3ccc(OC)cc3)C(=O)C(C#N)=C2C)cc1. The van der Waals surface area contributed by atoms with Gasteiger partial charge in [-0.1, -0.05) is 37.3 Å². The molecule has 0 saturated heterocycles. The summed E-state index contributed by atoms with van der Waals surface area (Å²) in [6.07, 6.45) is 4.93. The number of methoxy groups -OCH3 is 1. The van der Waals surface area contributed by atoms with E-state index in [0.717, 1.165) is 39.6 Å². The van der Waals surface area contributed by atoms with E-state index in [2.05, 4.69) is 6.92 Å². The highest BCUT2D eigenvalue weighted by Gasteiger charge is 2.35. The van der Waals surface area contributed by atoms with E-state index < -0.39 is 11.8 Å². The Labute approximate surface area is 251 Å². The number of nitriles is 1. The first-order valence-electron chi connectivity index (χ1n) is 14.1. The standard InChI is InChI=1S/C35H32N4O4/c1-4-20-43-30-16-12-26(13-17-30)33-27(23-39(37-33)28-8-6-5-7-9-28)21-31-24(2)32(22-36)35(41)38(34(31)40)19-18-25-10-14-29(42-3)15-11-25/h5-17,21,23H,4,18-20H2,1-3H3/b31-21+. The van der Waals surface area contributed by atoms with Crippen molar-refractivity contribution < 1.29 is 19.1 Å². The van der Waals surface area contributed by atoms with E-state index in [1.165, 1.54) is 0 Å². The number of aromatic nitrogens is 2. The molecule has 0 fully saturated rings. The summed E-state index contributed by atoms with van der Waals surface area (Å²) in [7, 11) is 1.60. The Balaban J connectivity index is 1.54. The van der Waals surface area contributed by atoms with E-state index in [4.69, 9.17) is 14.6 Å². The lowest BCUT2D eigenvalue weighted by Crippen LogP contribution is -2.43. The molecule has 216 valence electrons. The van der Waals surface area contributed by atoms with Gasteiger partial charge >= 0.3 is 0 Å². The number of carbonyl (C=O) groups is 2. The maximum Gasteiger partial charge on any atom is 0.271 e. The quantitative estimate of drug-likeness (QED) is 0.167. The molecule has 43 heavy (non-hydrogen) atoms. The zero-order valence-corrected chi connectivity index (χ0v) is 24.4. The Hall–Kier alpha value is -5.42. The van der Waals surface area contributed by atoms with Crippen LogP contribution in [0.1, 0.15) is 31.4 Å². The van der Waals surface area contributed by atoms with Crippen LogP contribution >= 0.6 is 0 Å². The van der Waals surface area contributed by atoms with Crippen LogP contribution in [0.25, 0.3) is 23.0 Å². The zero-order valence-electron chi connectivity index (χ0n) is 24.4. The van der Waals surface area contributed by atoms with E-state index >= 15 is 0 Å². The monoisotopic (exact) mass is 572 g/mol. The maximum absolute atomic E-state index is 13.8. The van der Waals surface area contributed by atoms with E-state index in [-0.39, 0.29) is 17.7 Å². The van der Waals surface area contributed by atoms with Gasteiger partial charge in [0.2, 0.25) is 0 Å². The van der Waals surface area contributed by atoms with Crippen LogP contribution in [0.4, 0.5) is 0 Å². The summed E-state index contributed by atoms with van der Waals surface area (Å²) < 4.78 is 12.7. The third-order valence-electron chi connectivity index (χ3n) is 7.27.